The first-order valence-electron chi connectivity index (χ1n) is 11.7. The average Bonchev–Trinajstić information content (AvgIpc) is 2.79. The number of rotatable bonds is 11. The first-order valence-corrected chi connectivity index (χ1v) is 11.7. The number of carbonyl (C=O) groups is 1. The van der Waals surface area contributed by atoms with Crippen molar-refractivity contribution in [2.45, 2.75) is 71.1 Å². The van der Waals surface area contributed by atoms with Crippen molar-refractivity contribution in [1.82, 2.24) is 0 Å². The second-order valence-corrected chi connectivity index (χ2v) is 8.43. The van der Waals surface area contributed by atoms with Crippen LogP contribution in [0.5, 0.6) is 11.5 Å². The molecule has 1 aliphatic rings. The summed E-state index contributed by atoms with van der Waals surface area (Å²) in [6.07, 6.45) is 14.1. The monoisotopic (exact) mass is 425 g/mol. The van der Waals surface area contributed by atoms with Crippen molar-refractivity contribution >= 4 is 5.97 Å². The molecular weight excluding hydrogens is 391 g/mol. The highest BCUT2D eigenvalue weighted by Crippen LogP contribution is 2.27. The molecular formula is C27H34FO3. The molecule has 0 heterocycles. The number of carbonyl (C=O) groups excluding carboxylic acids is 1. The van der Waals surface area contributed by atoms with Crippen LogP contribution in [-0.4, -0.2) is 12.6 Å². The Morgan fingerprint density at radius 1 is 1.00 bits per heavy atom. The van der Waals surface area contributed by atoms with E-state index >= 15 is 0 Å². The Labute approximate surface area is 186 Å². The molecule has 167 valence electrons. The lowest BCUT2D eigenvalue weighted by Gasteiger charge is -2.21. The maximum atomic E-state index is 14.4. The largest absolute Gasteiger partial charge is 0.493 e. The molecule has 3 rings (SSSR count). The van der Waals surface area contributed by atoms with Gasteiger partial charge in [-0.05, 0) is 74.3 Å². The fraction of sp³-hybridized carbons (Fsp3) is 0.481. The predicted octanol–water partition coefficient (Wildman–Crippen LogP) is 7.33. The SMILES string of the molecule is CCCCCCOc1ccc(C(=O)Oc2ccc(CCC3CC[CH]CC3)cc2)c(F)c1. The molecule has 0 spiro atoms. The van der Waals surface area contributed by atoms with E-state index in [0.717, 1.165) is 31.6 Å². The lowest BCUT2D eigenvalue weighted by atomic mass is 9.85. The number of unbranched alkanes of at least 4 members (excludes halogenated alkanes) is 3. The maximum absolute atomic E-state index is 14.4. The molecule has 0 saturated heterocycles. The van der Waals surface area contributed by atoms with Gasteiger partial charge in [0.1, 0.15) is 17.3 Å². The van der Waals surface area contributed by atoms with Crippen molar-refractivity contribution < 1.29 is 18.7 Å². The van der Waals surface area contributed by atoms with Gasteiger partial charge in [0.05, 0.1) is 12.2 Å². The summed E-state index contributed by atoms with van der Waals surface area (Å²) in [5.41, 5.74) is 1.15. The van der Waals surface area contributed by atoms with Crippen LogP contribution in [0.1, 0.15) is 80.6 Å². The van der Waals surface area contributed by atoms with Crippen LogP contribution in [0.3, 0.4) is 0 Å². The molecule has 1 fully saturated rings. The molecule has 1 radical (unpaired) electrons. The first-order chi connectivity index (χ1) is 15.2. The van der Waals surface area contributed by atoms with Crippen LogP contribution in [0.4, 0.5) is 4.39 Å². The van der Waals surface area contributed by atoms with Gasteiger partial charge in [-0.25, -0.2) is 9.18 Å². The van der Waals surface area contributed by atoms with Gasteiger partial charge < -0.3 is 9.47 Å². The highest BCUT2D eigenvalue weighted by molar-refractivity contribution is 5.91. The molecule has 0 N–H and O–H groups in total. The minimum Gasteiger partial charge on any atom is -0.493 e. The summed E-state index contributed by atoms with van der Waals surface area (Å²) in [6, 6.07) is 11.8. The first kappa shape index (κ1) is 23.3. The van der Waals surface area contributed by atoms with E-state index in [2.05, 4.69) is 13.3 Å². The molecule has 1 saturated carbocycles. The molecule has 2 aromatic carbocycles. The van der Waals surface area contributed by atoms with Crippen LogP contribution in [0.2, 0.25) is 0 Å². The van der Waals surface area contributed by atoms with Crippen LogP contribution >= 0.6 is 0 Å². The summed E-state index contributed by atoms with van der Waals surface area (Å²) in [6.45, 7) is 2.70. The Bertz CT molecular complexity index is 810. The summed E-state index contributed by atoms with van der Waals surface area (Å²) in [4.78, 5) is 12.4. The quantitative estimate of drug-likeness (QED) is 0.215. The highest BCUT2D eigenvalue weighted by atomic mass is 19.1. The summed E-state index contributed by atoms with van der Waals surface area (Å²) in [7, 11) is 0. The van der Waals surface area contributed by atoms with Gasteiger partial charge in [-0.3, -0.25) is 0 Å². The Morgan fingerprint density at radius 3 is 2.45 bits per heavy atom. The second-order valence-electron chi connectivity index (χ2n) is 8.43. The van der Waals surface area contributed by atoms with Crippen molar-refractivity contribution in [1.29, 1.82) is 0 Å². The average molecular weight is 426 g/mol. The van der Waals surface area contributed by atoms with Crippen molar-refractivity contribution in [3.8, 4) is 11.5 Å². The number of halogens is 1. The fourth-order valence-corrected chi connectivity index (χ4v) is 4.01. The molecule has 31 heavy (non-hydrogen) atoms. The number of aryl methyl sites for hydroxylation is 1. The third-order valence-electron chi connectivity index (χ3n) is 5.96. The number of hydrogen-bond donors (Lipinski definition) is 0. The fourth-order valence-electron chi connectivity index (χ4n) is 4.01. The summed E-state index contributed by atoms with van der Waals surface area (Å²) in [5.74, 6) is 0.354. The predicted molar refractivity (Wildman–Crippen MR) is 122 cm³/mol. The van der Waals surface area contributed by atoms with E-state index < -0.39 is 11.8 Å². The smallest absolute Gasteiger partial charge is 0.346 e. The van der Waals surface area contributed by atoms with Crippen molar-refractivity contribution in [2.24, 2.45) is 5.92 Å². The van der Waals surface area contributed by atoms with Crippen molar-refractivity contribution in [2.75, 3.05) is 6.61 Å². The number of esters is 1. The lowest BCUT2D eigenvalue weighted by molar-refractivity contribution is 0.0730. The minimum absolute atomic E-state index is 0.0866. The van der Waals surface area contributed by atoms with Crippen molar-refractivity contribution in [3.05, 3.63) is 65.8 Å². The van der Waals surface area contributed by atoms with Gasteiger partial charge in [0.2, 0.25) is 0 Å². The highest BCUT2D eigenvalue weighted by Gasteiger charge is 2.16. The van der Waals surface area contributed by atoms with Crippen LogP contribution in [0.25, 0.3) is 0 Å². The molecule has 0 aromatic heterocycles. The topological polar surface area (TPSA) is 35.5 Å². The second kappa shape index (κ2) is 12.5. The van der Waals surface area contributed by atoms with E-state index in [1.807, 2.05) is 12.1 Å². The van der Waals surface area contributed by atoms with Gasteiger partial charge in [-0.2, -0.15) is 0 Å². The van der Waals surface area contributed by atoms with E-state index in [-0.39, 0.29) is 5.56 Å². The van der Waals surface area contributed by atoms with Gasteiger partial charge >= 0.3 is 5.97 Å². The molecule has 2 aromatic rings. The zero-order chi connectivity index (χ0) is 21.9. The van der Waals surface area contributed by atoms with Gasteiger partial charge in [0.25, 0.3) is 0 Å². The molecule has 1 aliphatic carbocycles. The van der Waals surface area contributed by atoms with E-state index in [4.69, 9.17) is 9.47 Å². The molecule has 0 bridgehead atoms. The summed E-state index contributed by atoms with van der Waals surface area (Å²) < 4.78 is 25.3. The molecule has 3 nitrogen and oxygen atoms in total. The molecule has 4 heteroatoms. The Kier molecular flexibility index (Phi) is 9.39. The van der Waals surface area contributed by atoms with Crippen molar-refractivity contribution in [3.63, 3.8) is 0 Å². The normalized spacial score (nSPS) is 14.4. The van der Waals surface area contributed by atoms with E-state index in [1.54, 1.807) is 18.2 Å². The third-order valence-corrected chi connectivity index (χ3v) is 5.96. The number of hydrogen-bond acceptors (Lipinski definition) is 3. The molecule has 0 amide bonds. The summed E-state index contributed by atoms with van der Waals surface area (Å²) >= 11 is 0. The molecule has 0 aliphatic heterocycles. The van der Waals surface area contributed by atoms with E-state index in [9.17, 15) is 9.18 Å². The Balaban J connectivity index is 1.47. The van der Waals surface area contributed by atoms with Gasteiger partial charge in [0.15, 0.2) is 0 Å². The maximum Gasteiger partial charge on any atom is 0.346 e. The number of ether oxygens (including phenoxy) is 2. The zero-order valence-electron chi connectivity index (χ0n) is 18.6. The Morgan fingerprint density at radius 2 is 1.74 bits per heavy atom. The summed E-state index contributed by atoms with van der Waals surface area (Å²) in [5, 5.41) is 0. The van der Waals surface area contributed by atoms with Crippen LogP contribution in [0, 0.1) is 18.2 Å². The zero-order valence-corrected chi connectivity index (χ0v) is 18.6. The van der Waals surface area contributed by atoms with Gasteiger partial charge in [-0.1, -0.05) is 51.2 Å². The van der Waals surface area contributed by atoms with Crippen LogP contribution < -0.4 is 9.47 Å². The Hall–Kier alpha value is -2.36. The van der Waals surface area contributed by atoms with Gasteiger partial charge in [0, 0.05) is 6.07 Å². The van der Waals surface area contributed by atoms with Gasteiger partial charge in [-0.15, -0.1) is 0 Å². The number of benzene rings is 2. The lowest BCUT2D eigenvalue weighted by Crippen LogP contribution is -2.11. The van der Waals surface area contributed by atoms with Crippen LogP contribution in [0.15, 0.2) is 42.5 Å². The van der Waals surface area contributed by atoms with Crippen LogP contribution in [-0.2, 0) is 6.42 Å². The molecule has 0 unspecified atom stereocenters. The molecule has 0 atom stereocenters. The van der Waals surface area contributed by atoms with E-state index in [1.165, 1.54) is 56.2 Å². The minimum atomic E-state index is -0.696. The third kappa shape index (κ3) is 7.68. The standard InChI is InChI=1S/C27H34FO3/c1-2-3-4-8-19-30-24-17-18-25(26(28)20-24)27(29)31-23-15-13-22(14-16-23)12-11-21-9-6-5-7-10-21/h5,13-18,20-21H,2-4,6-12,19H2,1H3. The van der Waals surface area contributed by atoms with E-state index in [0.29, 0.717) is 18.1 Å².